The van der Waals surface area contributed by atoms with Crippen molar-refractivity contribution in [2.24, 2.45) is 28.6 Å². The zero-order valence-electron chi connectivity index (χ0n) is 38.8. The molecular weight excluding hydrogens is 827 g/mol. The molecule has 1 aromatic heterocycles. The molecule has 7 N–H and O–H groups in total. The largest absolute Gasteiger partial charge is 0.504 e. The maximum Gasteiger partial charge on any atom is 0.160 e. The quantitative estimate of drug-likeness (QED) is 0.0757. The van der Waals surface area contributed by atoms with Crippen LogP contribution in [0.4, 0.5) is 5.82 Å². The molecule has 1 spiro atoms. The molecule has 10 nitrogen and oxygen atoms in total. The van der Waals surface area contributed by atoms with E-state index in [-0.39, 0.29) is 53.8 Å². The van der Waals surface area contributed by atoms with Gasteiger partial charge in [0.25, 0.3) is 0 Å². The van der Waals surface area contributed by atoms with Crippen LogP contribution in [0, 0.1) is 40.4 Å². The van der Waals surface area contributed by atoms with Crippen LogP contribution in [0.1, 0.15) is 143 Å². The van der Waals surface area contributed by atoms with Crippen LogP contribution in [0.25, 0.3) is 10.8 Å². The number of phenolic OH excluding ortho intramolecular Hbond substituents is 1. The number of benzene rings is 3. The monoisotopic (exact) mass is 896 g/mol. The van der Waals surface area contributed by atoms with Gasteiger partial charge in [-0.15, -0.1) is 0 Å². The van der Waals surface area contributed by atoms with Crippen molar-refractivity contribution in [2.75, 3.05) is 19.4 Å². The topological polar surface area (TPSA) is 175 Å². The molecule has 0 bridgehead atoms. The molecule has 4 aliphatic carbocycles. The molecule has 0 radical (unpaired) electrons. The number of nitrogen functional groups attached to an aromatic ring is 1. The fraction of sp³-hybridized carbons (Fsp3) is 0.554. The lowest BCUT2D eigenvalue weighted by molar-refractivity contribution is -0.135. The summed E-state index contributed by atoms with van der Waals surface area (Å²) in [6.07, 6.45) is 11.0. The van der Waals surface area contributed by atoms with Crippen LogP contribution < -0.4 is 15.8 Å². The summed E-state index contributed by atoms with van der Waals surface area (Å²) < 4.78 is 5.52. The van der Waals surface area contributed by atoms with Crippen molar-refractivity contribution in [3.8, 4) is 23.3 Å². The van der Waals surface area contributed by atoms with E-state index in [1.54, 1.807) is 18.3 Å². The summed E-state index contributed by atoms with van der Waals surface area (Å²) in [4.78, 5) is 31.2. The van der Waals surface area contributed by atoms with Gasteiger partial charge in [0, 0.05) is 43.3 Å². The number of Topliss-reactive ketones (excluding diaryl/α,β-unsaturated/α-hetero) is 2. The van der Waals surface area contributed by atoms with Crippen molar-refractivity contribution in [1.29, 1.82) is 0 Å². The van der Waals surface area contributed by atoms with Gasteiger partial charge in [0.15, 0.2) is 17.3 Å². The van der Waals surface area contributed by atoms with Crippen LogP contribution in [0.2, 0.25) is 0 Å². The lowest BCUT2D eigenvalue weighted by Crippen LogP contribution is -2.53. The van der Waals surface area contributed by atoms with E-state index in [1.165, 1.54) is 39.2 Å². The summed E-state index contributed by atoms with van der Waals surface area (Å²) in [6.45, 7) is 3.01. The minimum atomic E-state index is -1.26. The number of aromatic nitrogens is 1. The van der Waals surface area contributed by atoms with Gasteiger partial charge in [-0.05, 0) is 164 Å². The Morgan fingerprint density at radius 2 is 1.76 bits per heavy atom. The number of phenols is 1. The molecule has 3 aromatic carbocycles. The Hall–Kier alpha value is -4.79. The van der Waals surface area contributed by atoms with Crippen molar-refractivity contribution in [1.82, 2.24) is 10.3 Å². The highest BCUT2D eigenvalue weighted by molar-refractivity contribution is 5.89. The number of nitrogens with zero attached hydrogens (tertiary/aromatic N) is 1. The molecule has 1 aliphatic heterocycles. The summed E-state index contributed by atoms with van der Waals surface area (Å²) in [6, 6.07) is 20.0. The molecule has 10 atom stereocenters. The molecule has 66 heavy (non-hydrogen) atoms. The molecule has 5 aliphatic rings. The molecule has 4 aromatic rings. The Labute approximate surface area is 390 Å². The molecule has 10 unspecified atom stereocenters. The smallest absolute Gasteiger partial charge is 0.160 e. The lowest BCUT2D eigenvalue weighted by Gasteiger charge is -2.49. The first kappa shape index (κ1) is 46.3. The SMILES string of the molecule is CCc1cnc(N)cc1C(CC(O)C(O)CC1C#CC2(CCC(CC3(C4CNC5CC(=O)CCC5C4)CCCC3)CC2O)C(=O)CCc2cc(OC)c(O)cc21)c1ccc2ccccc2c1. The van der Waals surface area contributed by atoms with E-state index in [2.05, 4.69) is 59.4 Å². The Balaban J connectivity index is 0.981. The maximum absolute atomic E-state index is 14.6. The van der Waals surface area contributed by atoms with Gasteiger partial charge in [-0.25, -0.2) is 4.98 Å². The number of ketones is 2. The van der Waals surface area contributed by atoms with E-state index in [1.807, 2.05) is 18.2 Å². The number of hydrogen-bond acceptors (Lipinski definition) is 10. The molecular formula is C56H69N3O7. The first-order valence-corrected chi connectivity index (χ1v) is 24.9. The number of carbonyl (C=O) groups excluding carboxylic acids is 2. The van der Waals surface area contributed by atoms with Crippen molar-refractivity contribution in [2.45, 2.75) is 152 Å². The average Bonchev–Trinajstić information content (AvgIpc) is 3.82. The Morgan fingerprint density at radius 3 is 2.53 bits per heavy atom. The van der Waals surface area contributed by atoms with Gasteiger partial charge in [-0.1, -0.05) is 74.1 Å². The number of nitrogens with two attached hydrogens (primary N) is 1. The number of rotatable bonds is 12. The van der Waals surface area contributed by atoms with Crippen LogP contribution in [-0.2, 0) is 22.4 Å². The van der Waals surface area contributed by atoms with Crippen molar-refractivity contribution >= 4 is 28.2 Å². The van der Waals surface area contributed by atoms with E-state index >= 15 is 0 Å². The second-order valence-electron chi connectivity index (χ2n) is 20.8. The molecule has 0 amide bonds. The summed E-state index contributed by atoms with van der Waals surface area (Å²) >= 11 is 0. The fourth-order valence-electron chi connectivity index (χ4n) is 13.3. The van der Waals surface area contributed by atoms with Gasteiger partial charge in [-0.2, -0.15) is 0 Å². The predicted octanol–water partition coefficient (Wildman–Crippen LogP) is 8.48. The van der Waals surface area contributed by atoms with Crippen LogP contribution in [-0.4, -0.2) is 75.0 Å². The number of carbonyl (C=O) groups is 2. The number of aromatic hydroxyl groups is 1. The van der Waals surface area contributed by atoms with E-state index in [9.17, 15) is 30.0 Å². The van der Waals surface area contributed by atoms with E-state index in [0.717, 1.165) is 58.8 Å². The minimum Gasteiger partial charge on any atom is -0.504 e. The van der Waals surface area contributed by atoms with Crippen molar-refractivity contribution < 1.29 is 34.8 Å². The third-order valence-corrected chi connectivity index (χ3v) is 17.0. The number of aliphatic hydroxyl groups excluding tert-OH is 3. The molecule has 9 rings (SSSR count). The highest BCUT2D eigenvalue weighted by atomic mass is 16.5. The Kier molecular flexibility index (Phi) is 13.6. The minimum absolute atomic E-state index is 0.0352. The lowest BCUT2D eigenvalue weighted by atomic mass is 9.58. The van der Waals surface area contributed by atoms with Crippen LogP contribution >= 0.6 is 0 Å². The van der Waals surface area contributed by atoms with E-state index < -0.39 is 29.6 Å². The number of aryl methyl sites for hydroxylation is 2. The number of piperidine rings is 1. The van der Waals surface area contributed by atoms with Crippen LogP contribution in [0.5, 0.6) is 11.5 Å². The summed E-state index contributed by atoms with van der Waals surface area (Å²) in [7, 11) is 1.49. The average molecular weight is 896 g/mol. The normalized spacial score (nSPS) is 28.8. The highest BCUT2D eigenvalue weighted by Crippen LogP contribution is 2.55. The van der Waals surface area contributed by atoms with Gasteiger partial charge >= 0.3 is 0 Å². The predicted molar refractivity (Wildman–Crippen MR) is 257 cm³/mol. The van der Waals surface area contributed by atoms with Crippen LogP contribution in [0.15, 0.2) is 66.9 Å². The number of pyridine rings is 1. The number of aliphatic hydroxyl groups is 3. The fourth-order valence-corrected chi connectivity index (χ4v) is 13.3. The second-order valence-corrected chi connectivity index (χ2v) is 20.8. The number of anilines is 1. The number of nitrogens with one attached hydrogen (secondary N) is 1. The molecule has 4 fully saturated rings. The molecule has 1 saturated heterocycles. The maximum atomic E-state index is 14.6. The van der Waals surface area contributed by atoms with Gasteiger partial charge < -0.3 is 36.2 Å². The summed E-state index contributed by atoms with van der Waals surface area (Å²) in [5.41, 5.74) is 9.62. The number of methoxy groups -OCH3 is 1. The molecule has 3 saturated carbocycles. The van der Waals surface area contributed by atoms with E-state index in [0.29, 0.717) is 73.6 Å². The zero-order valence-corrected chi connectivity index (χ0v) is 38.8. The molecule has 10 heteroatoms. The molecule has 350 valence electrons. The zero-order chi connectivity index (χ0) is 46.2. The van der Waals surface area contributed by atoms with Crippen LogP contribution in [0.3, 0.4) is 0 Å². The Bertz CT molecular complexity index is 2490. The summed E-state index contributed by atoms with van der Waals surface area (Å²) in [5, 5.41) is 53.6. The van der Waals surface area contributed by atoms with Gasteiger partial charge in [0.1, 0.15) is 17.0 Å². The summed E-state index contributed by atoms with van der Waals surface area (Å²) in [5.74, 6) is 8.09. The number of ether oxygens (including phenoxy) is 1. The highest BCUT2D eigenvalue weighted by Gasteiger charge is 2.51. The second kappa shape index (κ2) is 19.4. The third kappa shape index (κ3) is 9.26. The first-order chi connectivity index (χ1) is 31.9. The van der Waals surface area contributed by atoms with E-state index in [4.69, 9.17) is 10.5 Å². The third-order valence-electron chi connectivity index (χ3n) is 17.0. The van der Waals surface area contributed by atoms with Gasteiger partial charge in [0.2, 0.25) is 0 Å². The van der Waals surface area contributed by atoms with Gasteiger partial charge in [-0.3, -0.25) is 9.59 Å². The number of hydrogen-bond donors (Lipinski definition) is 6. The van der Waals surface area contributed by atoms with Crippen molar-refractivity contribution in [3.63, 3.8) is 0 Å². The van der Waals surface area contributed by atoms with Crippen molar-refractivity contribution in [3.05, 3.63) is 94.7 Å². The Morgan fingerprint density at radius 1 is 0.955 bits per heavy atom. The standard InChI is InChI=1S/C56H69N3O7/c1-3-35-32-59-54(57)30-46(35)45(38-11-10-36-8-4-5-9-37(36)23-38)29-49(62)48(61)25-40-17-21-56(52(64)15-13-39-26-51(66-2)50(63)28-44(39)40)20-16-34(22-53(56)65)31-55(18-6-7-19-55)42-24-41-12-14-43(60)27-47(41)58-33-42/h4-5,8-11,23,26,28,30,32,34,40-42,45,47-49,53,58,61-63,65H,3,6-7,12-16,18-20,22,24-25,27,29,31,33H2,1-2H3,(H2,57,59). The number of fused-ring (bicyclic) bond motifs is 3. The molecule has 2 heterocycles. The van der Waals surface area contributed by atoms with Gasteiger partial charge in [0.05, 0.1) is 25.4 Å². The first-order valence-electron chi connectivity index (χ1n) is 24.9.